The second-order valence-corrected chi connectivity index (χ2v) is 13.1. The molecule has 0 aromatic heterocycles. The monoisotopic (exact) mass is 665 g/mol. The van der Waals surface area contributed by atoms with Crippen LogP contribution in [-0.2, 0) is 16.0 Å². The van der Waals surface area contributed by atoms with Gasteiger partial charge in [-0.2, -0.15) is 0 Å². The van der Waals surface area contributed by atoms with Crippen LogP contribution in [0.3, 0.4) is 0 Å². The van der Waals surface area contributed by atoms with Gasteiger partial charge in [0.05, 0.1) is 35.6 Å². The normalized spacial score (nSPS) is 15.6. The van der Waals surface area contributed by atoms with E-state index in [2.05, 4.69) is 20.9 Å². The number of nitrogen functional groups attached to an aromatic ring is 1. The van der Waals surface area contributed by atoms with Crippen LogP contribution in [0.25, 0.3) is 0 Å². The molecule has 1 unspecified atom stereocenters. The lowest BCUT2D eigenvalue weighted by Crippen LogP contribution is -2.44. The summed E-state index contributed by atoms with van der Waals surface area (Å²) in [5.41, 5.74) is 7.86. The molecule has 0 radical (unpaired) electrons. The lowest BCUT2D eigenvalue weighted by molar-refractivity contribution is -0.122. The second kappa shape index (κ2) is 21.3. The van der Waals surface area contributed by atoms with Gasteiger partial charge in [0.15, 0.2) is 0 Å². The summed E-state index contributed by atoms with van der Waals surface area (Å²) in [5.74, 6) is 0.604. The molecular formula is C34H56ClN5O6. The summed E-state index contributed by atoms with van der Waals surface area (Å²) in [6, 6.07) is 1.73. The maximum atomic E-state index is 13.0. The number of hydrogen-bond donors (Lipinski definition) is 6. The zero-order valence-corrected chi connectivity index (χ0v) is 28.2. The average molecular weight is 666 g/mol. The summed E-state index contributed by atoms with van der Waals surface area (Å²) in [6.45, 7) is 4.50. The van der Waals surface area contributed by atoms with Crippen LogP contribution < -0.4 is 26.4 Å². The maximum absolute atomic E-state index is 13.0. The number of piperidine rings is 1. The van der Waals surface area contributed by atoms with Crippen LogP contribution in [0.15, 0.2) is 6.07 Å². The molecule has 0 saturated carbocycles. The van der Waals surface area contributed by atoms with Crippen molar-refractivity contribution in [2.45, 2.75) is 115 Å². The number of benzene rings is 1. The quantitative estimate of drug-likeness (QED) is 0.0806. The predicted molar refractivity (Wildman–Crippen MR) is 181 cm³/mol. The van der Waals surface area contributed by atoms with Crippen LogP contribution in [0, 0.1) is 0 Å². The summed E-state index contributed by atoms with van der Waals surface area (Å²) < 4.78 is 5.69. The highest BCUT2D eigenvalue weighted by molar-refractivity contribution is 6.33. The largest absolute Gasteiger partial charge is 0.492 e. The van der Waals surface area contributed by atoms with E-state index in [4.69, 9.17) is 27.2 Å². The number of nitrogens with one attached hydrogen (secondary N) is 3. The van der Waals surface area contributed by atoms with E-state index >= 15 is 0 Å². The molecule has 0 spiro atoms. The van der Waals surface area contributed by atoms with Crippen LogP contribution in [0.4, 0.5) is 5.69 Å². The number of likely N-dealkylation sites (tertiary alicyclic amines) is 1. The van der Waals surface area contributed by atoms with Gasteiger partial charge in [-0.1, -0.05) is 37.3 Å². The van der Waals surface area contributed by atoms with Gasteiger partial charge in [0.25, 0.3) is 5.91 Å². The number of anilines is 1. The fourth-order valence-corrected chi connectivity index (χ4v) is 6.29. The first-order valence-electron chi connectivity index (χ1n) is 17.4. The number of fused-ring (bicyclic) bond motifs is 1. The van der Waals surface area contributed by atoms with Gasteiger partial charge in [-0.05, 0) is 70.4 Å². The van der Waals surface area contributed by atoms with Crippen molar-refractivity contribution in [1.29, 1.82) is 0 Å². The topological polar surface area (TPSA) is 166 Å². The van der Waals surface area contributed by atoms with Crippen molar-refractivity contribution in [2.75, 3.05) is 51.7 Å². The Kier molecular flexibility index (Phi) is 17.5. The van der Waals surface area contributed by atoms with Gasteiger partial charge in [0.2, 0.25) is 11.8 Å². The summed E-state index contributed by atoms with van der Waals surface area (Å²) in [7, 11) is 0. The second-order valence-electron chi connectivity index (χ2n) is 12.7. The van der Waals surface area contributed by atoms with E-state index in [1.807, 2.05) is 0 Å². The average Bonchev–Trinajstić information content (AvgIpc) is 3.54. The molecule has 1 saturated heterocycles. The van der Waals surface area contributed by atoms with Gasteiger partial charge < -0.3 is 41.5 Å². The molecule has 1 atom stereocenters. The number of carbonyl (C=O) groups is 3. The molecule has 2 aliphatic heterocycles. The van der Waals surface area contributed by atoms with E-state index in [-0.39, 0.29) is 30.4 Å². The Hall–Kier alpha value is -2.60. The lowest BCUT2D eigenvalue weighted by Gasteiger charge is -2.32. The number of nitrogens with zero attached hydrogens (tertiary/aromatic N) is 1. The van der Waals surface area contributed by atoms with Crippen molar-refractivity contribution >= 4 is 35.0 Å². The van der Waals surface area contributed by atoms with E-state index in [1.54, 1.807) is 6.07 Å². The van der Waals surface area contributed by atoms with Crippen LogP contribution >= 0.6 is 11.6 Å². The fourth-order valence-electron chi connectivity index (χ4n) is 6.07. The number of nitrogens with two attached hydrogens (primary N) is 1. The Morgan fingerprint density at radius 2 is 1.54 bits per heavy atom. The van der Waals surface area contributed by atoms with Crippen molar-refractivity contribution in [2.24, 2.45) is 0 Å². The van der Waals surface area contributed by atoms with Crippen molar-refractivity contribution in [3.8, 4) is 5.75 Å². The Balaban J connectivity index is 1.11. The molecule has 2 heterocycles. The zero-order chi connectivity index (χ0) is 33.1. The molecular weight excluding hydrogens is 610 g/mol. The molecule has 7 N–H and O–H groups in total. The number of hydrogen-bond acceptors (Lipinski definition) is 8. The first-order valence-corrected chi connectivity index (χ1v) is 17.8. The van der Waals surface area contributed by atoms with Gasteiger partial charge >= 0.3 is 0 Å². The van der Waals surface area contributed by atoms with E-state index in [1.165, 1.54) is 0 Å². The standard InChI is InChI=1S/C34H56ClN5O6/c35-29-23-28(33-27(32(29)36)16-22-46-33)34(45)39-25-14-20-40(21-15-25)19-10-4-6-13-31(44)37-17-8-3-1-2-5-12-30(43)38-18-9-7-11-26(42)24-41/h23,25-26,41-42H,1-22,24,36H2,(H,37,44)(H,38,43)(H,39,45). The highest BCUT2D eigenvalue weighted by atomic mass is 35.5. The third-order valence-electron chi connectivity index (χ3n) is 8.92. The number of halogens is 1. The number of aliphatic hydroxyl groups excluding tert-OH is 2. The van der Waals surface area contributed by atoms with E-state index in [0.29, 0.717) is 67.4 Å². The van der Waals surface area contributed by atoms with E-state index < -0.39 is 6.10 Å². The van der Waals surface area contributed by atoms with Crippen molar-refractivity contribution < 1.29 is 29.3 Å². The minimum atomic E-state index is -0.661. The molecule has 46 heavy (non-hydrogen) atoms. The molecule has 1 fully saturated rings. The van der Waals surface area contributed by atoms with Crippen LogP contribution in [0.5, 0.6) is 5.75 Å². The molecule has 0 aliphatic carbocycles. The zero-order valence-electron chi connectivity index (χ0n) is 27.4. The highest BCUT2D eigenvalue weighted by Gasteiger charge is 2.27. The number of amides is 3. The van der Waals surface area contributed by atoms with Gasteiger partial charge in [0, 0.05) is 57.0 Å². The molecule has 1 aromatic carbocycles. The molecule has 12 heteroatoms. The molecule has 0 bridgehead atoms. The SMILES string of the molecule is Nc1c(Cl)cc(C(=O)NC2CCN(CCCCCC(=O)NCCCCCCCC(=O)NCCCCC(O)CO)CC2)c2c1CCO2. The van der Waals surface area contributed by atoms with Gasteiger partial charge in [-0.3, -0.25) is 14.4 Å². The molecule has 11 nitrogen and oxygen atoms in total. The third kappa shape index (κ3) is 13.6. The van der Waals surface area contributed by atoms with Crippen molar-refractivity contribution in [1.82, 2.24) is 20.9 Å². The Morgan fingerprint density at radius 1 is 0.935 bits per heavy atom. The summed E-state index contributed by atoms with van der Waals surface area (Å²) in [5, 5.41) is 27.6. The number of unbranched alkanes of at least 4 members (excludes halogenated alkanes) is 7. The minimum absolute atomic E-state index is 0.0701. The number of ether oxygens (including phenoxy) is 1. The molecule has 3 rings (SSSR count). The van der Waals surface area contributed by atoms with Crippen molar-refractivity contribution in [3.63, 3.8) is 0 Å². The first kappa shape index (κ1) is 37.9. The number of rotatable bonds is 22. The number of aliphatic hydroxyl groups is 2. The molecule has 1 aromatic rings. The Labute approximate surface area is 279 Å². The third-order valence-corrected chi connectivity index (χ3v) is 9.23. The predicted octanol–water partition coefficient (Wildman–Crippen LogP) is 3.71. The fraction of sp³-hybridized carbons (Fsp3) is 0.735. The summed E-state index contributed by atoms with van der Waals surface area (Å²) >= 11 is 6.26. The Morgan fingerprint density at radius 3 is 2.22 bits per heavy atom. The van der Waals surface area contributed by atoms with Gasteiger partial charge in [-0.15, -0.1) is 0 Å². The van der Waals surface area contributed by atoms with Crippen LogP contribution in [0.2, 0.25) is 5.02 Å². The lowest BCUT2D eigenvalue weighted by atomic mass is 10.0. The minimum Gasteiger partial charge on any atom is -0.492 e. The van der Waals surface area contributed by atoms with Crippen molar-refractivity contribution in [3.05, 3.63) is 22.2 Å². The Bertz CT molecular complexity index is 1100. The van der Waals surface area contributed by atoms with Crippen LogP contribution in [-0.4, -0.2) is 90.9 Å². The van der Waals surface area contributed by atoms with Crippen LogP contribution in [0.1, 0.15) is 112 Å². The molecule has 3 amide bonds. The molecule has 260 valence electrons. The van der Waals surface area contributed by atoms with E-state index in [9.17, 15) is 19.5 Å². The van der Waals surface area contributed by atoms with E-state index in [0.717, 1.165) is 102 Å². The summed E-state index contributed by atoms with van der Waals surface area (Å²) in [4.78, 5) is 39.5. The van der Waals surface area contributed by atoms with Gasteiger partial charge in [0.1, 0.15) is 5.75 Å². The van der Waals surface area contributed by atoms with Gasteiger partial charge in [-0.25, -0.2) is 0 Å². The maximum Gasteiger partial charge on any atom is 0.255 e. The molecule has 2 aliphatic rings. The smallest absolute Gasteiger partial charge is 0.255 e. The number of carbonyl (C=O) groups excluding carboxylic acids is 3. The highest BCUT2D eigenvalue weighted by Crippen LogP contribution is 2.38. The summed E-state index contributed by atoms with van der Waals surface area (Å²) in [6.07, 6.45) is 12.9. The first-order chi connectivity index (χ1) is 22.3.